The molecule has 3 N–H and O–H groups in total. The highest BCUT2D eigenvalue weighted by molar-refractivity contribution is 5.35. The zero-order chi connectivity index (χ0) is 15.4. The van der Waals surface area contributed by atoms with Gasteiger partial charge in [-0.2, -0.15) is 0 Å². The minimum atomic E-state index is -0.814. The lowest BCUT2D eigenvalue weighted by Crippen LogP contribution is -2.20. The normalized spacial score (nSPS) is 13.8. The molecule has 0 aliphatic heterocycles. The fourth-order valence-corrected chi connectivity index (χ4v) is 2.44. The first-order chi connectivity index (χ1) is 10.1. The van der Waals surface area contributed by atoms with Crippen LogP contribution < -0.4 is 10.5 Å². The molecule has 0 aliphatic rings. The zero-order valence-corrected chi connectivity index (χ0v) is 12.2. The molecule has 0 spiro atoms. The van der Waals surface area contributed by atoms with Crippen LogP contribution in [-0.4, -0.2) is 18.8 Å². The Bertz CT molecular complexity index is 615. The maximum Gasteiger partial charge on any atom is 0.165 e. The third kappa shape index (κ3) is 3.40. The van der Waals surface area contributed by atoms with Gasteiger partial charge in [0.1, 0.15) is 0 Å². The molecular formula is C17H20FNO2. The third-order valence-corrected chi connectivity index (χ3v) is 3.62. The quantitative estimate of drug-likeness (QED) is 0.890. The zero-order valence-electron chi connectivity index (χ0n) is 12.2. The number of hydrogen-bond acceptors (Lipinski definition) is 3. The summed E-state index contributed by atoms with van der Waals surface area (Å²) in [5, 5.41) is 10.6. The number of ether oxygens (including phenoxy) is 1. The molecule has 21 heavy (non-hydrogen) atoms. The van der Waals surface area contributed by atoms with Crippen LogP contribution in [0, 0.1) is 12.7 Å². The number of rotatable bonds is 5. The van der Waals surface area contributed by atoms with Crippen LogP contribution in [0.1, 0.15) is 28.7 Å². The second kappa shape index (κ2) is 6.70. The van der Waals surface area contributed by atoms with Crippen molar-refractivity contribution in [2.45, 2.75) is 18.9 Å². The first-order valence-corrected chi connectivity index (χ1v) is 6.85. The van der Waals surface area contributed by atoms with Crippen LogP contribution in [0.4, 0.5) is 4.39 Å². The molecule has 0 aliphatic carbocycles. The van der Waals surface area contributed by atoms with Crippen LogP contribution in [0.2, 0.25) is 0 Å². The van der Waals surface area contributed by atoms with Crippen molar-refractivity contribution in [2.24, 2.45) is 5.73 Å². The lowest BCUT2D eigenvalue weighted by molar-refractivity contribution is 0.147. The van der Waals surface area contributed by atoms with Crippen LogP contribution in [-0.2, 0) is 0 Å². The minimum Gasteiger partial charge on any atom is -0.494 e. The molecule has 2 aromatic rings. The molecule has 0 heterocycles. The predicted octanol–water partition coefficient (Wildman–Crippen LogP) is 2.92. The summed E-state index contributed by atoms with van der Waals surface area (Å²) < 4.78 is 18.4. The topological polar surface area (TPSA) is 55.5 Å². The van der Waals surface area contributed by atoms with Gasteiger partial charge in [-0.3, -0.25) is 0 Å². The van der Waals surface area contributed by atoms with Gasteiger partial charge in [0.15, 0.2) is 11.6 Å². The van der Waals surface area contributed by atoms with Crippen molar-refractivity contribution in [1.82, 2.24) is 0 Å². The van der Waals surface area contributed by atoms with Gasteiger partial charge in [0.25, 0.3) is 0 Å². The summed E-state index contributed by atoms with van der Waals surface area (Å²) in [6.07, 6.45) is -0.814. The molecule has 112 valence electrons. The molecule has 0 saturated carbocycles. The smallest absolute Gasteiger partial charge is 0.165 e. The molecule has 0 aromatic heterocycles. The van der Waals surface area contributed by atoms with Crippen molar-refractivity contribution in [2.75, 3.05) is 13.7 Å². The van der Waals surface area contributed by atoms with Gasteiger partial charge >= 0.3 is 0 Å². The molecule has 2 aromatic carbocycles. The Labute approximate surface area is 124 Å². The lowest BCUT2D eigenvalue weighted by Gasteiger charge is -2.23. The molecular weight excluding hydrogens is 269 g/mol. The van der Waals surface area contributed by atoms with E-state index in [1.807, 2.05) is 31.2 Å². The van der Waals surface area contributed by atoms with Crippen molar-refractivity contribution in [3.63, 3.8) is 0 Å². The van der Waals surface area contributed by atoms with Gasteiger partial charge in [-0.1, -0.05) is 35.9 Å². The number of hydrogen-bond donors (Lipinski definition) is 2. The number of aliphatic hydroxyl groups is 1. The first-order valence-electron chi connectivity index (χ1n) is 6.85. The van der Waals surface area contributed by atoms with E-state index in [-0.39, 0.29) is 11.7 Å². The summed E-state index contributed by atoms with van der Waals surface area (Å²) in [7, 11) is 1.40. The number of nitrogens with two attached hydrogens (primary N) is 1. The number of aliphatic hydroxyl groups excluding tert-OH is 1. The summed E-state index contributed by atoms with van der Waals surface area (Å²) in [5.41, 5.74) is 8.49. The van der Waals surface area contributed by atoms with Crippen molar-refractivity contribution < 1.29 is 14.2 Å². The van der Waals surface area contributed by atoms with E-state index in [9.17, 15) is 9.50 Å². The molecule has 4 heteroatoms. The molecule has 0 bridgehead atoms. The van der Waals surface area contributed by atoms with E-state index in [0.717, 1.165) is 11.1 Å². The van der Waals surface area contributed by atoms with Gasteiger partial charge in [0.2, 0.25) is 0 Å². The summed E-state index contributed by atoms with van der Waals surface area (Å²) in [6.45, 7) is 2.29. The van der Waals surface area contributed by atoms with Crippen LogP contribution in [0.3, 0.4) is 0 Å². The molecule has 2 unspecified atom stereocenters. The summed E-state index contributed by atoms with van der Waals surface area (Å²) >= 11 is 0. The number of methoxy groups -OCH3 is 1. The second-order valence-electron chi connectivity index (χ2n) is 5.10. The third-order valence-electron chi connectivity index (χ3n) is 3.62. The lowest BCUT2D eigenvalue weighted by atomic mass is 9.88. The SMILES string of the molecule is COc1cc(C(O)C(CN)c2cccc(C)c2)ccc1F. The van der Waals surface area contributed by atoms with E-state index < -0.39 is 11.9 Å². The van der Waals surface area contributed by atoms with Crippen molar-refractivity contribution in [1.29, 1.82) is 0 Å². The van der Waals surface area contributed by atoms with Gasteiger partial charge in [0.05, 0.1) is 13.2 Å². The number of halogens is 1. The Balaban J connectivity index is 2.34. The van der Waals surface area contributed by atoms with Gasteiger partial charge in [0, 0.05) is 12.5 Å². The standard InChI is InChI=1S/C17H20FNO2/c1-11-4-3-5-12(8-11)14(10-19)17(20)13-6-7-15(18)16(9-13)21-2/h3-9,14,17,20H,10,19H2,1-2H3. The largest absolute Gasteiger partial charge is 0.494 e. The Morgan fingerprint density at radius 2 is 1.95 bits per heavy atom. The minimum absolute atomic E-state index is 0.117. The maximum absolute atomic E-state index is 13.5. The van der Waals surface area contributed by atoms with Crippen LogP contribution in [0.25, 0.3) is 0 Å². The molecule has 0 radical (unpaired) electrons. The van der Waals surface area contributed by atoms with Crippen molar-refractivity contribution in [3.8, 4) is 5.75 Å². The fourth-order valence-electron chi connectivity index (χ4n) is 2.44. The summed E-state index contributed by atoms with van der Waals surface area (Å²) in [6, 6.07) is 12.2. The molecule has 0 amide bonds. The van der Waals surface area contributed by atoms with Gasteiger partial charge < -0.3 is 15.6 Å². The van der Waals surface area contributed by atoms with E-state index >= 15 is 0 Å². The van der Waals surface area contributed by atoms with Gasteiger partial charge in [-0.15, -0.1) is 0 Å². The van der Waals surface area contributed by atoms with E-state index in [2.05, 4.69) is 0 Å². The highest BCUT2D eigenvalue weighted by Gasteiger charge is 2.22. The van der Waals surface area contributed by atoms with Crippen molar-refractivity contribution in [3.05, 3.63) is 65.0 Å². The number of benzene rings is 2. The maximum atomic E-state index is 13.5. The van der Waals surface area contributed by atoms with E-state index in [0.29, 0.717) is 12.1 Å². The summed E-state index contributed by atoms with van der Waals surface area (Å²) in [4.78, 5) is 0. The Morgan fingerprint density at radius 3 is 2.57 bits per heavy atom. The van der Waals surface area contributed by atoms with E-state index in [1.54, 1.807) is 6.07 Å². The van der Waals surface area contributed by atoms with Crippen LogP contribution >= 0.6 is 0 Å². The molecule has 3 nitrogen and oxygen atoms in total. The van der Waals surface area contributed by atoms with Gasteiger partial charge in [-0.05, 0) is 30.2 Å². The van der Waals surface area contributed by atoms with Crippen LogP contribution in [0.15, 0.2) is 42.5 Å². The molecule has 2 atom stereocenters. The van der Waals surface area contributed by atoms with Gasteiger partial charge in [-0.25, -0.2) is 4.39 Å². The molecule has 2 rings (SSSR count). The second-order valence-corrected chi connectivity index (χ2v) is 5.10. The Morgan fingerprint density at radius 1 is 1.19 bits per heavy atom. The first kappa shape index (κ1) is 15.5. The Kier molecular flexibility index (Phi) is 4.94. The highest BCUT2D eigenvalue weighted by Crippen LogP contribution is 2.32. The van der Waals surface area contributed by atoms with E-state index in [4.69, 9.17) is 10.5 Å². The number of aryl methyl sites for hydroxylation is 1. The van der Waals surface area contributed by atoms with Crippen molar-refractivity contribution >= 4 is 0 Å². The Hall–Kier alpha value is -1.91. The predicted molar refractivity (Wildman–Crippen MR) is 80.9 cm³/mol. The monoisotopic (exact) mass is 289 g/mol. The average Bonchev–Trinajstić information content (AvgIpc) is 2.48. The average molecular weight is 289 g/mol. The highest BCUT2D eigenvalue weighted by atomic mass is 19.1. The summed E-state index contributed by atoms with van der Waals surface area (Å²) in [5.74, 6) is -0.583. The van der Waals surface area contributed by atoms with E-state index in [1.165, 1.54) is 19.2 Å². The van der Waals surface area contributed by atoms with Crippen LogP contribution in [0.5, 0.6) is 5.75 Å². The molecule has 0 saturated heterocycles. The fraction of sp³-hybridized carbons (Fsp3) is 0.294. The molecule has 0 fully saturated rings.